The normalized spacial score (nSPS) is 11.4. The summed E-state index contributed by atoms with van der Waals surface area (Å²) in [5, 5.41) is 17.8. The minimum atomic E-state index is -0.816. The topological polar surface area (TPSA) is 83.1 Å². The molecule has 0 aliphatic carbocycles. The number of rotatable bonds is 21. The van der Waals surface area contributed by atoms with E-state index in [0.29, 0.717) is 18.8 Å². The van der Waals surface area contributed by atoms with Gasteiger partial charge < -0.3 is 9.47 Å². The van der Waals surface area contributed by atoms with E-state index in [-0.39, 0.29) is 0 Å². The first-order valence-electron chi connectivity index (χ1n) is 13.4. The maximum Gasteiger partial charge on any atom is 0.323 e. The van der Waals surface area contributed by atoms with Crippen molar-refractivity contribution in [2.75, 3.05) is 6.61 Å². The van der Waals surface area contributed by atoms with Gasteiger partial charge in [-0.25, -0.2) is 0 Å². The Kier molecular flexibility index (Phi) is 18.3. The van der Waals surface area contributed by atoms with Crippen molar-refractivity contribution in [3.63, 3.8) is 0 Å². The molecule has 0 spiro atoms. The summed E-state index contributed by atoms with van der Waals surface area (Å²) in [4.78, 5) is 12.2. The quantitative estimate of drug-likeness (QED) is 0.104. The lowest BCUT2D eigenvalue weighted by Gasteiger charge is -2.10. The maximum atomic E-state index is 12.2. The van der Waals surface area contributed by atoms with Gasteiger partial charge in [0.1, 0.15) is 11.7 Å². The van der Waals surface area contributed by atoms with Crippen LogP contribution in [0.1, 0.15) is 115 Å². The van der Waals surface area contributed by atoms with E-state index in [1.807, 2.05) is 6.07 Å². The zero-order chi connectivity index (χ0) is 24.7. The number of ether oxygens (including phenoxy) is 2. The van der Waals surface area contributed by atoms with Crippen molar-refractivity contribution in [3.8, 4) is 18.1 Å². The fourth-order valence-electron chi connectivity index (χ4n) is 4.09. The number of carbonyl (C=O) groups excluding carboxylic acids is 1. The van der Waals surface area contributed by atoms with E-state index in [9.17, 15) is 10.1 Å². The third kappa shape index (κ3) is 15.3. The lowest BCUT2D eigenvalue weighted by molar-refractivity contribution is -0.146. The molecule has 1 rings (SSSR count). The predicted molar refractivity (Wildman–Crippen MR) is 136 cm³/mol. The molecule has 1 atom stereocenters. The SMILES string of the molecule is CCCCCCCCCCCCCCCCCCOC(=O)C(C#N)Cc1ccc(OC#N)cc1. The van der Waals surface area contributed by atoms with Gasteiger partial charge in [0, 0.05) is 0 Å². The number of benzene rings is 1. The number of hydrogen-bond donors (Lipinski definition) is 0. The Balaban J connectivity index is 1.96. The highest BCUT2D eigenvalue weighted by molar-refractivity contribution is 5.75. The van der Waals surface area contributed by atoms with Crippen molar-refractivity contribution in [3.05, 3.63) is 29.8 Å². The van der Waals surface area contributed by atoms with E-state index in [4.69, 9.17) is 14.7 Å². The number of unbranched alkanes of at least 4 members (excludes halogenated alkanes) is 15. The van der Waals surface area contributed by atoms with Crippen molar-refractivity contribution >= 4 is 5.97 Å². The van der Waals surface area contributed by atoms with Crippen LogP contribution in [0.4, 0.5) is 0 Å². The van der Waals surface area contributed by atoms with Crippen molar-refractivity contribution in [2.45, 2.75) is 116 Å². The minimum Gasteiger partial charge on any atom is -0.465 e. The molecule has 0 N–H and O–H groups in total. The number of esters is 1. The Morgan fingerprint density at radius 2 is 1.24 bits per heavy atom. The number of hydrogen-bond acceptors (Lipinski definition) is 5. The fourth-order valence-corrected chi connectivity index (χ4v) is 4.09. The Morgan fingerprint density at radius 3 is 1.68 bits per heavy atom. The second-order valence-electron chi connectivity index (χ2n) is 9.19. The van der Waals surface area contributed by atoms with Crippen LogP contribution in [0, 0.1) is 28.8 Å². The van der Waals surface area contributed by atoms with Crippen LogP contribution in [0.25, 0.3) is 0 Å². The number of carbonyl (C=O) groups is 1. The van der Waals surface area contributed by atoms with E-state index in [1.165, 1.54) is 89.9 Å². The van der Waals surface area contributed by atoms with Gasteiger partial charge >= 0.3 is 5.97 Å². The molecule has 0 amide bonds. The van der Waals surface area contributed by atoms with Gasteiger partial charge in [-0.05, 0) is 30.5 Å². The van der Waals surface area contributed by atoms with Gasteiger partial charge in [-0.3, -0.25) is 4.79 Å². The number of nitrogens with zero attached hydrogens (tertiary/aromatic N) is 2. The molecule has 0 radical (unpaired) electrons. The average molecular weight is 469 g/mol. The van der Waals surface area contributed by atoms with E-state index in [2.05, 4.69) is 6.92 Å². The molecule has 34 heavy (non-hydrogen) atoms. The summed E-state index contributed by atoms with van der Waals surface area (Å²) in [6.45, 7) is 2.65. The second kappa shape index (κ2) is 21.0. The summed E-state index contributed by atoms with van der Waals surface area (Å²) >= 11 is 0. The molecule has 5 nitrogen and oxygen atoms in total. The minimum absolute atomic E-state index is 0.293. The molecule has 0 saturated carbocycles. The smallest absolute Gasteiger partial charge is 0.323 e. The van der Waals surface area contributed by atoms with Gasteiger partial charge in [-0.2, -0.15) is 5.26 Å². The summed E-state index contributed by atoms with van der Waals surface area (Å²) in [7, 11) is 0. The molecule has 5 heteroatoms. The van der Waals surface area contributed by atoms with Crippen molar-refractivity contribution in [1.82, 2.24) is 0 Å². The standard InChI is InChI=1S/C29H44N2O3/c1-2-3-4-5-6-7-8-9-10-11-12-13-14-15-16-17-22-33-29(32)27(24-30)23-26-18-20-28(21-19-26)34-25-31/h18-21,27H,2-17,22-23H2,1H3. The summed E-state index contributed by atoms with van der Waals surface area (Å²) in [6.07, 6.45) is 22.8. The molecular weight excluding hydrogens is 424 g/mol. The Morgan fingerprint density at radius 1 is 0.765 bits per heavy atom. The zero-order valence-corrected chi connectivity index (χ0v) is 21.2. The molecule has 188 valence electrons. The van der Waals surface area contributed by atoms with Gasteiger partial charge in [-0.1, -0.05) is 115 Å². The Labute approximate surface area is 207 Å². The first-order valence-corrected chi connectivity index (χ1v) is 13.4. The summed E-state index contributed by atoms with van der Waals surface area (Å²) in [6, 6.07) is 8.83. The second-order valence-corrected chi connectivity index (χ2v) is 9.19. The summed E-state index contributed by atoms with van der Waals surface area (Å²) in [5.74, 6) is -0.838. The highest BCUT2D eigenvalue weighted by Gasteiger charge is 2.20. The highest BCUT2D eigenvalue weighted by Crippen LogP contribution is 2.16. The van der Waals surface area contributed by atoms with E-state index in [1.54, 1.807) is 30.5 Å². The lowest BCUT2D eigenvalue weighted by Crippen LogP contribution is -2.19. The first kappa shape index (κ1) is 29.5. The van der Waals surface area contributed by atoms with Crippen molar-refractivity contribution in [2.24, 2.45) is 5.92 Å². The Bertz CT molecular complexity index is 718. The highest BCUT2D eigenvalue weighted by atomic mass is 16.5. The molecule has 0 fully saturated rings. The van der Waals surface area contributed by atoms with Crippen LogP contribution in [0.2, 0.25) is 0 Å². The maximum absolute atomic E-state index is 12.2. The Hall–Kier alpha value is -2.53. The van der Waals surface area contributed by atoms with Crippen molar-refractivity contribution in [1.29, 1.82) is 10.5 Å². The van der Waals surface area contributed by atoms with Gasteiger partial charge in [0.15, 0.2) is 0 Å². The zero-order valence-electron chi connectivity index (χ0n) is 21.2. The summed E-state index contributed by atoms with van der Waals surface area (Å²) < 4.78 is 10.1. The summed E-state index contributed by atoms with van der Waals surface area (Å²) in [5.41, 5.74) is 0.830. The molecule has 0 saturated heterocycles. The monoisotopic (exact) mass is 468 g/mol. The van der Waals surface area contributed by atoms with Crippen LogP contribution in [0.3, 0.4) is 0 Å². The first-order chi connectivity index (χ1) is 16.7. The molecule has 1 aromatic rings. The van der Waals surface area contributed by atoms with E-state index in [0.717, 1.165) is 18.4 Å². The molecule has 1 unspecified atom stereocenters. The molecule has 0 bridgehead atoms. The molecule has 0 heterocycles. The van der Waals surface area contributed by atoms with Crippen LogP contribution in [0.5, 0.6) is 5.75 Å². The average Bonchev–Trinajstić information content (AvgIpc) is 2.85. The van der Waals surface area contributed by atoms with Crippen LogP contribution in [-0.4, -0.2) is 12.6 Å². The molecular formula is C29H44N2O3. The van der Waals surface area contributed by atoms with Crippen LogP contribution in [-0.2, 0) is 16.0 Å². The van der Waals surface area contributed by atoms with Crippen LogP contribution >= 0.6 is 0 Å². The largest absolute Gasteiger partial charge is 0.465 e. The molecule has 1 aromatic carbocycles. The van der Waals surface area contributed by atoms with Gasteiger partial charge in [0.2, 0.25) is 0 Å². The lowest BCUT2D eigenvalue weighted by atomic mass is 10.0. The van der Waals surface area contributed by atoms with Crippen molar-refractivity contribution < 1.29 is 14.3 Å². The number of nitriles is 2. The third-order valence-corrected chi connectivity index (χ3v) is 6.21. The molecule has 0 aliphatic rings. The molecule has 0 aliphatic heterocycles. The fraction of sp³-hybridized carbons (Fsp3) is 0.690. The van der Waals surface area contributed by atoms with Crippen LogP contribution < -0.4 is 4.74 Å². The van der Waals surface area contributed by atoms with Gasteiger partial charge in [0.05, 0.1) is 12.7 Å². The molecule has 0 aromatic heterocycles. The van der Waals surface area contributed by atoms with Gasteiger partial charge in [0.25, 0.3) is 6.26 Å². The third-order valence-electron chi connectivity index (χ3n) is 6.21. The van der Waals surface area contributed by atoms with E-state index < -0.39 is 11.9 Å². The predicted octanol–water partition coefficient (Wildman–Crippen LogP) is 8.03. The van der Waals surface area contributed by atoms with E-state index >= 15 is 0 Å². The van der Waals surface area contributed by atoms with Crippen LogP contribution in [0.15, 0.2) is 24.3 Å². The van der Waals surface area contributed by atoms with Gasteiger partial charge in [-0.15, -0.1) is 5.26 Å².